The Kier molecular flexibility index (Phi) is 5.36. The summed E-state index contributed by atoms with van der Waals surface area (Å²) in [6.07, 6.45) is 0. The summed E-state index contributed by atoms with van der Waals surface area (Å²) in [5.74, 6) is 0.692. The first-order chi connectivity index (χ1) is 7.54. The van der Waals surface area contributed by atoms with Crippen molar-refractivity contribution in [2.75, 3.05) is 13.6 Å². The number of nitrogens with one attached hydrogen (secondary N) is 1. The Morgan fingerprint density at radius 2 is 1.94 bits per heavy atom. The van der Waals surface area contributed by atoms with Crippen molar-refractivity contribution >= 4 is 11.8 Å². The minimum atomic E-state index is 0.644. The minimum Gasteiger partial charge on any atom is -0.319 e. The molecule has 0 saturated carbocycles. The maximum absolute atomic E-state index is 3.28. The molecule has 0 spiro atoms. The molecule has 1 nitrogen and oxygen atoms in total. The zero-order valence-corrected chi connectivity index (χ0v) is 11.8. The summed E-state index contributed by atoms with van der Waals surface area (Å²) in [6, 6.07) is 6.70. The largest absolute Gasteiger partial charge is 0.319 e. The molecule has 0 bridgehead atoms. The van der Waals surface area contributed by atoms with Crippen LogP contribution in [0.2, 0.25) is 0 Å². The predicted molar refractivity (Wildman–Crippen MR) is 74.3 cm³/mol. The van der Waals surface area contributed by atoms with E-state index in [0.29, 0.717) is 11.2 Å². The molecule has 0 radical (unpaired) electrons. The fourth-order valence-corrected chi connectivity index (χ4v) is 2.97. The number of thioether (sulfide) groups is 1. The van der Waals surface area contributed by atoms with Crippen LogP contribution < -0.4 is 5.32 Å². The zero-order chi connectivity index (χ0) is 12.1. The SMILES string of the molecule is CNCC(Sc1cc(C)ccc1C)C(C)C. The number of hydrogen-bond donors (Lipinski definition) is 1. The smallest absolute Gasteiger partial charge is 0.0242 e. The van der Waals surface area contributed by atoms with E-state index in [1.807, 2.05) is 18.8 Å². The average Bonchev–Trinajstić information content (AvgIpc) is 2.22. The lowest BCUT2D eigenvalue weighted by molar-refractivity contribution is 0.578. The van der Waals surface area contributed by atoms with E-state index in [1.165, 1.54) is 16.0 Å². The summed E-state index contributed by atoms with van der Waals surface area (Å²) in [5, 5.41) is 3.93. The van der Waals surface area contributed by atoms with Crippen LogP contribution in [0.4, 0.5) is 0 Å². The molecule has 0 fully saturated rings. The fourth-order valence-electron chi connectivity index (χ4n) is 1.61. The van der Waals surface area contributed by atoms with Crippen LogP contribution in [0.15, 0.2) is 23.1 Å². The van der Waals surface area contributed by atoms with Crippen molar-refractivity contribution in [1.29, 1.82) is 0 Å². The molecule has 0 heterocycles. The second kappa shape index (κ2) is 6.31. The quantitative estimate of drug-likeness (QED) is 0.785. The van der Waals surface area contributed by atoms with Crippen LogP contribution in [0.3, 0.4) is 0 Å². The molecular weight excluding hydrogens is 214 g/mol. The molecule has 1 aromatic carbocycles. The third-order valence-electron chi connectivity index (χ3n) is 2.77. The third kappa shape index (κ3) is 3.84. The molecule has 0 saturated heterocycles. The van der Waals surface area contributed by atoms with Crippen LogP contribution in [-0.2, 0) is 0 Å². The van der Waals surface area contributed by atoms with Gasteiger partial charge in [0, 0.05) is 16.7 Å². The maximum Gasteiger partial charge on any atom is 0.0242 e. The van der Waals surface area contributed by atoms with Gasteiger partial charge < -0.3 is 5.32 Å². The highest BCUT2D eigenvalue weighted by Gasteiger charge is 2.15. The molecule has 1 atom stereocenters. The molecule has 0 aliphatic rings. The van der Waals surface area contributed by atoms with Crippen LogP contribution in [0, 0.1) is 19.8 Å². The van der Waals surface area contributed by atoms with Crippen LogP contribution in [0.25, 0.3) is 0 Å². The average molecular weight is 237 g/mol. The lowest BCUT2D eigenvalue weighted by atomic mass is 10.1. The molecular formula is C14H23NS. The first-order valence-corrected chi connectivity index (χ1v) is 6.81. The molecule has 2 heteroatoms. The summed E-state index contributed by atoms with van der Waals surface area (Å²) >= 11 is 2.00. The van der Waals surface area contributed by atoms with Gasteiger partial charge in [-0.15, -0.1) is 11.8 Å². The number of rotatable bonds is 5. The van der Waals surface area contributed by atoms with Gasteiger partial charge >= 0.3 is 0 Å². The van der Waals surface area contributed by atoms with Crippen LogP contribution >= 0.6 is 11.8 Å². The predicted octanol–water partition coefficient (Wildman–Crippen LogP) is 3.64. The Balaban J connectivity index is 2.80. The van der Waals surface area contributed by atoms with E-state index in [-0.39, 0.29) is 0 Å². The Morgan fingerprint density at radius 1 is 1.25 bits per heavy atom. The summed E-state index contributed by atoms with van der Waals surface area (Å²) in [6.45, 7) is 10.0. The summed E-state index contributed by atoms with van der Waals surface area (Å²) in [5.41, 5.74) is 2.73. The van der Waals surface area contributed by atoms with E-state index in [9.17, 15) is 0 Å². The molecule has 1 unspecified atom stereocenters. The highest BCUT2D eigenvalue weighted by atomic mass is 32.2. The lowest BCUT2D eigenvalue weighted by Crippen LogP contribution is -2.25. The van der Waals surface area contributed by atoms with Gasteiger partial charge in [-0.3, -0.25) is 0 Å². The third-order valence-corrected chi connectivity index (χ3v) is 4.48. The van der Waals surface area contributed by atoms with Crippen molar-refractivity contribution in [1.82, 2.24) is 5.32 Å². The van der Waals surface area contributed by atoms with Gasteiger partial charge in [-0.05, 0) is 38.4 Å². The molecule has 16 heavy (non-hydrogen) atoms. The summed E-state index contributed by atoms with van der Waals surface area (Å²) in [7, 11) is 2.03. The van der Waals surface area contributed by atoms with Crippen LogP contribution in [-0.4, -0.2) is 18.8 Å². The first-order valence-electron chi connectivity index (χ1n) is 5.93. The monoisotopic (exact) mass is 237 g/mol. The van der Waals surface area contributed by atoms with Gasteiger partial charge in [0.1, 0.15) is 0 Å². The van der Waals surface area contributed by atoms with Crippen molar-refractivity contribution in [3.8, 4) is 0 Å². The van der Waals surface area contributed by atoms with Crippen LogP contribution in [0.1, 0.15) is 25.0 Å². The molecule has 1 rings (SSSR count). The van der Waals surface area contributed by atoms with Gasteiger partial charge in [-0.1, -0.05) is 31.5 Å². The molecule has 0 aromatic heterocycles. The maximum atomic E-state index is 3.28. The highest BCUT2D eigenvalue weighted by Crippen LogP contribution is 2.30. The fraction of sp³-hybridized carbons (Fsp3) is 0.571. The minimum absolute atomic E-state index is 0.644. The van der Waals surface area contributed by atoms with E-state index in [2.05, 4.69) is 51.2 Å². The van der Waals surface area contributed by atoms with Crippen LogP contribution in [0.5, 0.6) is 0 Å². The topological polar surface area (TPSA) is 12.0 Å². The normalized spacial score (nSPS) is 13.1. The zero-order valence-electron chi connectivity index (χ0n) is 11.0. The van der Waals surface area contributed by atoms with Crippen molar-refractivity contribution in [3.05, 3.63) is 29.3 Å². The highest BCUT2D eigenvalue weighted by molar-refractivity contribution is 8.00. The van der Waals surface area contributed by atoms with Gasteiger partial charge in [-0.2, -0.15) is 0 Å². The van der Waals surface area contributed by atoms with Crippen molar-refractivity contribution in [2.45, 2.75) is 37.8 Å². The molecule has 0 amide bonds. The second-order valence-corrected chi connectivity index (χ2v) is 6.01. The Hall–Kier alpha value is -0.470. The van der Waals surface area contributed by atoms with E-state index < -0.39 is 0 Å². The van der Waals surface area contributed by atoms with Gasteiger partial charge in [0.2, 0.25) is 0 Å². The Morgan fingerprint density at radius 3 is 2.50 bits per heavy atom. The summed E-state index contributed by atoms with van der Waals surface area (Å²) < 4.78 is 0. The standard InChI is InChI=1S/C14H23NS/c1-10(2)14(9-15-5)16-13-8-11(3)6-7-12(13)4/h6-8,10,14-15H,9H2,1-5H3. The number of benzene rings is 1. The van der Waals surface area contributed by atoms with Gasteiger partial charge in [0.25, 0.3) is 0 Å². The Labute approximate surface area is 104 Å². The molecule has 1 N–H and O–H groups in total. The van der Waals surface area contributed by atoms with Gasteiger partial charge in [0.05, 0.1) is 0 Å². The number of aryl methyl sites for hydroxylation is 2. The van der Waals surface area contributed by atoms with E-state index in [1.54, 1.807) is 0 Å². The summed E-state index contributed by atoms with van der Waals surface area (Å²) in [4.78, 5) is 1.42. The van der Waals surface area contributed by atoms with E-state index >= 15 is 0 Å². The Bertz CT molecular complexity index is 334. The molecule has 90 valence electrons. The first kappa shape index (κ1) is 13.6. The van der Waals surface area contributed by atoms with E-state index in [0.717, 1.165) is 6.54 Å². The second-order valence-electron chi connectivity index (χ2n) is 4.73. The number of hydrogen-bond acceptors (Lipinski definition) is 2. The van der Waals surface area contributed by atoms with Gasteiger partial charge in [-0.25, -0.2) is 0 Å². The van der Waals surface area contributed by atoms with Crippen molar-refractivity contribution in [3.63, 3.8) is 0 Å². The molecule has 0 aliphatic carbocycles. The van der Waals surface area contributed by atoms with Gasteiger partial charge in [0.15, 0.2) is 0 Å². The van der Waals surface area contributed by atoms with E-state index in [4.69, 9.17) is 0 Å². The molecule has 0 aliphatic heterocycles. The van der Waals surface area contributed by atoms with Crippen molar-refractivity contribution < 1.29 is 0 Å². The van der Waals surface area contributed by atoms with Crippen molar-refractivity contribution in [2.24, 2.45) is 5.92 Å². The lowest BCUT2D eigenvalue weighted by Gasteiger charge is -2.21. The molecule has 1 aromatic rings.